The van der Waals surface area contributed by atoms with Crippen LogP contribution in [0, 0.1) is 0 Å². The van der Waals surface area contributed by atoms with Crippen LogP contribution >= 0.6 is 11.8 Å². The minimum absolute atomic E-state index is 0.262. The zero-order valence-electron chi connectivity index (χ0n) is 11.1. The summed E-state index contributed by atoms with van der Waals surface area (Å²) in [6, 6.07) is 10.3. The van der Waals surface area contributed by atoms with Gasteiger partial charge in [-0.15, -0.1) is 0 Å². The lowest BCUT2D eigenvalue weighted by atomic mass is 10.1. The maximum Gasteiger partial charge on any atom is 0.183 e. The number of hydrogen-bond acceptors (Lipinski definition) is 4. The summed E-state index contributed by atoms with van der Waals surface area (Å²) in [6.07, 6.45) is 3.37. The molecule has 104 valence electrons. The Labute approximate surface area is 118 Å². The summed E-state index contributed by atoms with van der Waals surface area (Å²) in [6.45, 7) is 2.69. The van der Waals surface area contributed by atoms with Crippen molar-refractivity contribution in [3.63, 3.8) is 0 Å². The van der Waals surface area contributed by atoms with Crippen molar-refractivity contribution in [3.8, 4) is 0 Å². The fourth-order valence-corrected chi connectivity index (χ4v) is 2.57. The van der Waals surface area contributed by atoms with Crippen LogP contribution in [0.4, 0.5) is 0 Å². The highest BCUT2D eigenvalue weighted by atomic mass is 32.2. The molecular formula is C15H20O3S. The Morgan fingerprint density at radius 3 is 2.74 bits per heavy atom. The second-order valence-electron chi connectivity index (χ2n) is 4.50. The van der Waals surface area contributed by atoms with Crippen molar-refractivity contribution in [2.75, 3.05) is 6.61 Å². The summed E-state index contributed by atoms with van der Waals surface area (Å²) in [4.78, 5) is 1.29. The topological polar surface area (TPSA) is 38.7 Å². The third-order valence-corrected chi connectivity index (χ3v) is 3.91. The molecule has 1 aromatic rings. The zero-order chi connectivity index (χ0) is 13.5. The van der Waals surface area contributed by atoms with Gasteiger partial charge in [0.25, 0.3) is 0 Å². The highest BCUT2D eigenvalue weighted by Gasteiger charge is 2.36. The smallest absolute Gasteiger partial charge is 0.183 e. The molecule has 4 heteroatoms. The van der Waals surface area contributed by atoms with Crippen LogP contribution in [0.25, 0.3) is 0 Å². The van der Waals surface area contributed by atoms with Gasteiger partial charge < -0.3 is 14.6 Å². The van der Waals surface area contributed by atoms with Crippen LogP contribution in [0.15, 0.2) is 46.7 Å². The van der Waals surface area contributed by atoms with Crippen LogP contribution < -0.4 is 0 Å². The summed E-state index contributed by atoms with van der Waals surface area (Å²) in [7, 11) is 0. The number of benzene rings is 1. The van der Waals surface area contributed by atoms with Gasteiger partial charge >= 0.3 is 0 Å². The van der Waals surface area contributed by atoms with Crippen LogP contribution in [0.3, 0.4) is 0 Å². The molecule has 19 heavy (non-hydrogen) atoms. The van der Waals surface area contributed by atoms with E-state index in [0.717, 1.165) is 12.8 Å². The minimum Gasteiger partial charge on any atom is -0.388 e. The molecule has 2 bridgehead atoms. The van der Waals surface area contributed by atoms with Gasteiger partial charge in [0.05, 0.1) is 12.7 Å². The van der Waals surface area contributed by atoms with E-state index < -0.39 is 0 Å². The van der Waals surface area contributed by atoms with Gasteiger partial charge in [-0.05, 0) is 37.3 Å². The molecule has 3 rings (SSSR count). The van der Waals surface area contributed by atoms with Crippen molar-refractivity contribution in [1.82, 2.24) is 0 Å². The first-order chi connectivity index (χ1) is 9.29. The van der Waals surface area contributed by atoms with Crippen LogP contribution in [0.1, 0.15) is 19.8 Å². The van der Waals surface area contributed by atoms with E-state index in [1.807, 2.05) is 31.2 Å². The summed E-state index contributed by atoms with van der Waals surface area (Å²) in [5, 5.41) is 11.2. The molecule has 0 saturated carbocycles. The van der Waals surface area contributed by atoms with E-state index in [2.05, 4.69) is 17.5 Å². The number of fused-ring (bicyclic) bond motifs is 2. The molecule has 0 spiro atoms. The quantitative estimate of drug-likeness (QED) is 0.844. The number of allylic oxidation sites excluding steroid dienone is 1. The van der Waals surface area contributed by atoms with Crippen molar-refractivity contribution in [2.24, 2.45) is 0 Å². The lowest BCUT2D eigenvalue weighted by molar-refractivity contribution is -0.152. The van der Waals surface area contributed by atoms with E-state index in [0.29, 0.717) is 6.61 Å². The van der Waals surface area contributed by atoms with Gasteiger partial charge in [0.1, 0.15) is 6.10 Å². The summed E-state index contributed by atoms with van der Waals surface area (Å²) < 4.78 is 10.4. The van der Waals surface area contributed by atoms with Gasteiger partial charge in [0, 0.05) is 4.90 Å². The minimum atomic E-state index is -0.385. The van der Waals surface area contributed by atoms with Crippen molar-refractivity contribution < 1.29 is 14.6 Å². The number of rotatable bonds is 2. The number of ether oxygens (including phenoxy) is 2. The lowest BCUT2D eigenvalue weighted by Crippen LogP contribution is -2.32. The fraction of sp³-hybridized carbons (Fsp3) is 0.467. The monoisotopic (exact) mass is 280 g/mol. The first-order valence-electron chi connectivity index (χ1n) is 6.57. The average molecular weight is 280 g/mol. The zero-order valence-corrected chi connectivity index (χ0v) is 11.9. The maximum absolute atomic E-state index is 9.15. The molecule has 0 aliphatic carbocycles. The van der Waals surface area contributed by atoms with Gasteiger partial charge in [-0.2, -0.15) is 0 Å². The van der Waals surface area contributed by atoms with Gasteiger partial charge in [0.2, 0.25) is 0 Å². The molecule has 2 heterocycles. The Balaban J connectivity index is 0.000000141. The number of hydrogen-bond donors (Lipinski definition) is 1. The molecule has 3 nitrogen and oxygen atoms in total. The Kier molecular flexibility index (Phi) is 5.92. The van der Waals surface area contributed by atoms with Crippen molar-refractivity contribution in [1.29, 1.82) is 0 Å². The van der Waals surface area contributed by atoms with E-state index in [1.54, 1.807) is 11.8 Å². The SMILES string of the molecule is C/C=C/Sc1ccccc1.O[C@H]1CC[C@H]2CO[C@@H]1O2. The molecule has 1 N–H and O–H groups in total. The molecule has 0 aromatic heterocycles. The summed E-state index contributed by atoms with van der Waals surface area (Å²) in [5.41, 5.74) is 0. The number of aliphatic hydroxyl groups is 1. The van der Waals surface area contributed by atoms with Crippen LogP contribution in [0.2, 0.25) is 0 Å². The highest BCUT2D eigenvalue weighted by molar-refractivity contribution is 8.02. The predicted octanol–water partition coefficient (Wildman–Crippen LogP) is 3.19. The lowest BCUT2D eigenvalue weighted by Gasteiger charge is -2.22. The van der Waals surface area contributed by atoms with E-state index in [9.17, 15) is 0 Å². The molecule has 2 aliphatic heterocycles. The predicted molar refractivity (Wildman–Crippen MR) is 77.0 cm³/mol. The third kappa shape index (κ3) is 4.66. The Hall–Kier alpha value is -0.810. The first kappa shape index (κ1) is 14.6. The molecule has 3 atom stereocenters. The summed E-state index contributed by atoms with van der Waals surface area (Å²) in [5.74, 6) is 0. The molecule has 0 radical (unpaired) electrons. The van der Waals surface area contributed by atoms with Gasteiger partial charge in [-0.25, -0.2) is 0 Å². The molecule has 1 aromatic carbocycles. The first-order valence-corrected chi connectivity index (χ1v) is 7.45. The second kappa shape index (κ2) is 7.70. The largest absolute Gasteiger partial charge is 0.388 e. The van der Waals surface area contributed by atoms with E-state index >= 15 is 0 Å². The van der Waals surface area contributed by atoms with E-state index in [1.165, 1.54) is 4.90 Å². The van der Waals surface area contributed by atoms with Crippen molar-refractivity contribution >= 4 is 11.8 Å². The summed E-state index contributed by atoms with van der Waals surface area (Å²) >= 11 is 1.74. The Bertz CT molecular complexity index is 394. The molecule has 0 unspecified atom stereocenters. The van der Waals surface area contributed by atoms with E-state index in [4.69, 9.17) is 14.6 Å². The van der Waals surface area contributed by atoms with Crippen LogP contribution in [0.5, 0.6) is 0 Å². The second-order valence-corrected chi connectivity index (χ2v) is 5.48. The van der Waals surface area contributed by atoms with Gasteiger partial charge in [-0.3, -0.25) is 0 Å². The molecular weight excluding hydrogens is 260 g/mol. The van der Waals surface area contributed by atoms with Crippen LogP contribution in [-0.2, 0) is 9.47 Å². The average Bonchev–Trinajstić information content (AvgIpc) is 2.86. The molecule has 2 fully saturated rings. The number of thioether (sulfide) groups is 1. The van der Waals surface area contributed by atoms with Crippen LogP contribution in [-0.4, -0.2) is 30.2 Å². The Morgan fingerprint density at radius 2 is 2.05 bits per heavy atom. The Morgan fingerprint density at radius 1 is 1.26 bits per heavy atom. The molecule has 2 aliphatic rings. The standard InChI is InChI=1S/C9H10S.C6H10O3/c1-2-8-10-9-6-4-3-5-7-9;7-5-2-1-4-3-8-6(5)9-4/h2-8H,1H3;4-7H,1-3H2/b8-2+;/t;4-,5-,6+/m.0/s1. The fourth-order valence-electron chi connectivity index (χ4n) is 1.96. The number of aliphatic hydroxyl groups excluding tert-OH is 1. The molecule has 2 saturated heterocycles. The molecule has 0 amide bonds. The normalized spacial score (nSPS) is 29.1. The van der Waals surface area contributed by atoms with Gasteiger partial charge in [-0.1, -0.05) is 36.0 Å². The van der Waals surface area contributed by atoms with E-state index in [-0.39, 0.29) is 18.5 Å². The maximum atomic E-state index is 9.15. The van der Waals surface area contributed by atoms with Gasteiger partial charge in [0.15, 0.2) is 6.29 Å². The van der Waals surface area contributed by atoms with Crippen molar-refractivity contribution in [2.45, 2.75) is 43.2 Å². The van der Waals surface area contributed by atoms with Crippen molar-refractivity contribution in [3.05, 3.63) is 41.8 Å². The third-order valence-electron chi connectivity index (χ3n) is 2.95. The highest BCUT2D eigenvalue weighted by Crippen LogP contribution is 2.26.